The molecule has 0 atom stereocenters. The molecule has 5 heteroatoms. The Balaban J connectivity index is 0.00000225. The molecule has 3 aromatic rings. The first kappa shape index (κ1) is 20.1. The minimum absolute atomic E-state index is 0. The molecule has 2 nitrogen and oxygen atoms in total. The summed E-state index contributed by atoms with van der Waals surface area (Å²) in [6.07, 6.45) is 0.969. The molecular formula is C20H20BrCl2NO. The van der Waals surface area contributed by atoms with Crippen molar-refractivity contribution in [2.24, 2.45) is 0 Å². The number of benzene rings is 2. The first-order chi connectivity index (χ1) is 11.6. The van der Waals surface area contributed by atoms with Gasteiger partial charge in [0.25, 0.3) is 0 Å². The minimum atomic E-state index is 0. The van der Waals surface area contributed by atoms with Gasteiger partial charge in [-0.3, -0.25) is 0 Å². The Morgan fingerprint density at radius 1 is 1.04 bits per heavy atom. The Labute approximate surface area is 168 Å². The third-order valence-corrected chi connectivity index (χ3v) is 5.05. The van der Waals surface area contributed by atoms with Crippen LogP contribution in [-0.2, 0) is 13.0 Å². The zero-order valence-corrected chi connectivity index (χ0v) is 17.0. The molecule has 0 aliphatic rings. The summed E-state index contributed by atoms with van der Waals surface area (Å²) < 4.78 is 7.05. The van der Waals surface area contributed by atoms with Crippen molar-refractivity contribution in [2.45, 2.75) is 19.9 Å². The summed E-state index contributed by atoms with van der Waals surface area (Å²) in [5.74, 6) is 1.85. The molecule has 0 spiro atoms. The second kappa shape index (κ2) is 9.44. The van der Waals surface area contributed by atoms with Crippen LogP contribution in [0.1, 0.15) is 16.9 Å². The van der Waals surface area contributed by atoms with Gasteiger partial charge in [-0.2, -0.15) is 0 Å². The summed E-state index contributed by atoms with van der Waals surface area (Å²) in [4.78, 5) is 0. The van der Waals surface area contributed by atoms with Gasteiger partial charge in [0.2, 0.25) is 0 Å². The van der Waals surface area contributed by atoms with Crippen molar-refractivity contribution in [3.8, 4) is 11.3 Å². The fraction of sp³-hybridized carbons (Fsp3) is 0.200. The quantitative estimate of drug-likeness (QED) is 0.447. The molecule has 0 saturated carbocycles. The van der Waals surface area contributed by atoms with E-state index in [0.29, 0.717) is 0 Å². The summed E-state index contributed by atoms with van der Waals surface area (Å²) in [6, 6.07) is 18.3. The van der Waals surface area contributed by atoms with E-state index >= 15 is 0 Å². The second-order valence-corrected chi connectivity index (χ2v) is 7.07. The van der Waals surface area contributed by atoms with E-state index in [1.165, 1.54) is 11.1 Å². The number of halogens is 3. The molecule has 0 aliphatic heterocycles. The maximum atomic E-state index is 5.94. The number of furan rings is 1. The fourth-order valence-electron chi connectivity index (χ4n) is 2.52. The molecule has 0 radical (unpaired) electrons. The van der Waals surface area contributed by atoms with Crippen LogP contribution in [-0.4, -0.2) is 6.54 Å². The van der Waals surface area contributed by atoms with Gasteiger partial charge in [0.05, 0.1) is 6.54 Å². The van der Waals surface area contributed by atoms with E-state index in [9.17, 15) is 0 Å². The van der Waals surface area contributed by atoms with Crippen LogP contribution in [0.2, 0.25) is 5.02 Å². The molecule has 1 aromatic heterocycles. The van der Waals surface area contributed by atoms with Gasteiger partial charge in [-0.05, 0) is 67.4 Å². The van der Waals surface area contributed by atoms with Crippen molar-refractivity contribution < 1.29 is 4.42 Å². The summed E-state index contributed by atoms with van der Waals surface area (Å²) >= 11 is 9.42. The zero-order chi connectivity index (χ0) is 16.9. The molecule has 1 heterocycles. The highest BCUT2D eigenvalue weighted by Crippen LogP contribution is 2.26. The van der Waals surface area contributed by atoms with Gasteiger partial charge in [0.1, 0.15) is 11.5 Å². The zero-order valence-electron chi connectivity index (χ0n) is 13.9. The van der Waals surface area contributed by atoms with Gasteiger partial charge in [-0.1, -0.05) is 45.7 Å². The third-order valence-electron chi connectivity index (χ3n) is 3.91. The summed E-state index contributed by atoms with van der Waals surface area (Å²) in [6.45, 7) is 3.70. The first-order valence-electron chi connectivity index (χ1n) is 7.92. The Morgan fingerprint density at radius 2 is 1.80 bits per heavy atom. The molecule has 0 bridgehead atoms. The van der Waals surface area contributed by atoms with Crippen molar-refractivity contribution in [1.82, 2.24) is 5.32 Å². The van der Waals surface area contributed by atoms with Crippen LogP contribution in [0.25, 0.3) is 11.3 Å². The van der Waals surface area contributed by atoms with Crippen LogP contribution >= 0.6 is 39.9 Å². The molecule has 0 fully saturated rings. The van der Waals surface area contributed by atoms with Crippen molar-refractivity contribution in [3.05, 3.63) is 81.0 Å². The lowest BCUT2D eigenvalue weighted by Crippen LogP contribution is -2.16. The lowest BCUT2D eigenvalue weighted by atomic mass is 10.1. The van der Waals surface area contributed by atoms with Crippen molar-refractivity contribution >= 4 is 39.9 Å². The van der Waals surface area contributed by atoms with E-state index in [-0.39, 0.29) is 12.4 Å². The second-order valence-electron chi connectivity index (χ2n) is 5.78. The summed E-state index contributed by atoms with van der Waals surface area (Å²) in [5.41, 5.74) is 3.58. The monoisotopic (exact) mass is 439 g/mol. The highest BCUT2D eigenvalue weighted by Gasteiger charge is 2.06. The Bertz CT molecular complexity index is 815. The van der Waals surface area contributed by atoms with Crippen LogP contribution in [0.3, 0.4) is 0 Å². The number of aryl methyl sites for hydroxylation is 1. The van der Waals surface area contributed by atoms with Crippen molar-refractivity contribution in [3.63, 3.8) is 0 Å². The van der Waals surface area contributed by atoms with E-state index < -0.39 is 0 Å². The van der Waals surface area contributed by atoms with Crippen LogP contribution in [0.5, 0.6) is 0 Å². The number of hydrogen-bond donors (Lipinski definition) is 1. The van der Waals surface area contributed by atoms with Gasteiger partial charge in [0, 0.05) is 15.1 Å². The molecule has 2 aromatic carbocycles. The molecule has 0 aliphatic carbocycles. The third kappa shape index (κ3) is 5.61. The van der Waals surface area contributed by atoms with E-state index in [2.05, 4.69) is 58.5 Å². The highest BCUT2D eigenvalue weighted by atomic mass is 79.9. The molecule has 0 saturated heterocycles. The molecule has 0 unspecified atom stereocenters. The first-order valence-corrected chi connectivity index (χ1v) is 9.09. The Morgan fingerprint density at radius 3 is 2.52 bits per heavy atom. The van der Waals surface area contributed by atoms with Gasteiger partial charge in [-0.25, -0.2) is 0 Å². The molecular weight excluding hydrogens is 421 g/mol. The molecule has 1 N–H and O–H groups in total. The van der Waals surface area contributed by atoms with E-state index in [1.807, 2.05) is 24.3 Å². The largest absolute Gasteiger partial charge is 0.460 e. The summed E-state index contributed by atoms with van der Waals surface area (Å²) in [7, 11) is 0. The summed E-state index contributed by atoms with van der Waals surface area (Å²) in [5, 5.41) is 4.19. The van der Waals surface area contributed by atoms with Crippen LogP contribution in [0.15, 0.2) is 63.5 Å². The topological polar surface area (TPSA) is 25.2 Å². The molecule has 3 rings (SSSR count). The Kier molecular flexibility index (Phi) is 7.57. The van der Waals surface area contributed by atoms with Gasteiger partial charge < -0.3 is 9.73 Å². The van der Waals surface area contributed by atoms with Crippen LogP contribution in [0, 0.1) is 6.92 Å². The average Bonchev–Trinajstić information content (AvgIpc) is 3.05. The normalized spacial score (nSPS) is 10.5. The smallest absolute Gasteiger partial charge is 0.134 e. The van der Waals surface area contributed by atoms with E-state index in [0.717, 1.165) is 46.1 Å². The highest BCUT2D eigenvalue weighted by molar-refractivity contribution is 9.10. The van der Waals surface area contributed by atoms with Gasteiger partial charge >= 0.3 is 0 Å². The predicted octanol–water partition coefficient (Wildman–Crippen LogP) is 6.43. The predicted molar refractivity (Wildman–Crippen MR) is 111 cm³/mol. The SMILES string of the molecule is Cc1cc(-c2ccc(CNCCc3ccc(Cl)cc3)o2)ccc1Br.Cl. The minimum Gasteiger partial charge on any atom is -0.460 e. The van der Waals surface area contributed by atoms with Crippen LogP contribution < -0.4 is 5.32 Å². The lowest BCUT2D eigenvalue weighted by Gasteiger charge is -2.04. The number of nitrogens with one attached hydrogen (secondary N) is 1. The number of rotatable bonds is 6. The maximum absolute atomic E-state index is 5.94. The van der Waals surface area contributed by atoms with Gasteiger partial charge in [0.15, 0.2) is 0 Å². The van der Waals surface area contributed by atoms with E-state index in [4.69, 9.17) is 16.0 Å². The molecule has 25 heavy (non-hydrogen) atoms. The van der Waals surface area contributed by atoms with Crippen molar-refractivity contribution in [2.75, 3.05) is 6.54 Å². The number of hydrogen-bond acceptors (Lipinski definition) is 2. The van der Waals surface area contributed by atoms with Crippen molar-refractivity contribution in [1.29, 1.82) is 0 Å². The molecule has 132 valence electrons. The average molecular weight is 441 g/mol. The maximum Gasteiger partial charge on any atom is 0.134 e. The lowest BCUT2D eigenvalue weighted by molar-refractivity contribution is 0.494. The molecule has 0 amide bonds. The van der Waals surface area contributed by atoms with Crippen LogP contribution in [0.4, 0.5) is 0 Å². The van der Waals surface area contributed by atoms with E-state index in [1.54, 1.807) is 0 Å². The fourth-order valence-corrected chi connectivity index (χ4v) is 2.89. The standard InChI is InChI=1S/C20H19BrClNO.ClH/c1-14-12-16(4-8-19(14)21)20-9-7-18(24-20)13-23-11-10-15-2-5-17(22)6-3-15;/h2-9,12,23H,10-11,13H2,1H3;1H. The Hall–Kier alpha value is -1.26. The van der Waals surface area contributed by atoms with Gasteiger partial charge in [-0.15, -0.1) is 12.4 Å².